The summed E-state index contributed by atoms with van der Waals surface area (Å²) in [4.78, 5) is 31.4. The van der Waals surface area contributed by atoms with E-state index in [-0.39, 0.29) is 18.4 Å². The summed E-state index contributed by atoms with van der Waals surface area (Å²) in [5, 5.41) is 2.99. The molecule has 19 heavy (non-hydrogen) atoms. The van der Waals surface area contributed by atoms with Crippen LogP contribution in [-0.2, 0) is 4.79 Å². The number of amides is 2. The van der Waals surface area contributed by atoms with Crippen LogP contribution in [0.4, 0.5) is 5.69 Å². The van der Waals surface area contributed by atoms with Crippen LogP contribution in [0.15, 0.2) is 12.3 Å². The molecule has 0 bridgehead atoms. The SMILES string of the molecule is CNc1cc(C)ncc1C(=O)N1CCN(C)C(=O)C1. The van der Waals surface area contributed by atoms with E-state index in [2.05, 4.69) is 10.3 Å². The number of hydrogen-bond acceptors (Lipinski definition) is 4. The maximum Gasteiger partial charge on any atom is 0.258 e. The number of piperazine rings is 1. The van der Waals surface area contributed by atoms with E-state index in [1.54, 1.807) is 30.1 Å². The maximum atomic E-state index is 12.4. The summed E-state index contributed by atoms with van der Waals surface area (Å²) in [6.07, 6.45) is 1.56. The molecular formula is C13H18N4O2. The van der Waals surface area contributed by atoms with Crippen molar-refractivity contribution in [2.24, 2.45) is 0 Å². The van der Waals surface area contributed by atoms with Gasteiger partial charge in [-0.3, -0.25) is 14.6 Å². The average Bonchev–Trinajstić information content (AvgIpc) is 2.41. The molecule has 0 aromatic carbocycles. The molecule has 0 aliphatic carbocycles. The van der Waals surface area contributed by atoms with Crippen molar-refractivity contribution in [2.45, 2.75) is 6.92 Å². The molecule has 0 saturated carbocycles. The molecule has 102 valence electrons. The molecule has 0 unspecified atom stereocenters. The Labute approximate surface area is 112 Å². The van der Waals surface area contributed by atoms with Crippen molar-refractivity contribution in [3.63, 3.8) is 0 Å². The second-order valence-corrected chi connectivity index (χ2v) is 4.66. The van der Waals surface area contributed by atoms with Crippen molar-refractivity contribution >= 4 is 17.5 Å². The molecule has 6 nitrogen and oxygen atoms in total. The summed E-state index contributed by atoms with van der Waals surface area (Å²) in [7, 11) is 3.51. The Balaban J connectivity index is 2.22. The molecule has 6 heteroatoms. The van der Waals surface area contributed by atoms with Crippen molar-refractivity contribution in [3.05, 3.63) is 23.5 Å². The highest BCUT2D eigenvalue weighted by Crippen LogP contribution is 2.18. The number of aryl methyl sites for hydroxylation is 1. The van der Waals surface area contributed by atoms with Crippen LogP contribution in [0.5, 0.6) is 0 Å². The van der Waals surface area contributed by atoms with Crippen LogP contribution in [0.3, 0.4) is 0 Å². The number of nitrogens with zero attached hydrogens (tertiary/aromatic N) is 3. The fourth-order valence-corrected chi connectivity index (χ4v) is 2.04. The first-order chi connectivity index (χ1) is 9.02. The molecule has 1 aliphatic heterocycles. The lowest BCUT2D eigenvalue weighted by Crippen LogP contribution is -2.50. The number of rotatable bonds is 2. The second kappa shape index (κ2) is 5.26. The molecule has 1 aromatic rings. The molecule has 0 radical (unpaired) electrons. The van der Waals surface area contributed by atoms with E-state index in [4.69, 9.17) is 0 Å². The molecule has 1 N–H and O–H groups in total. The average molecular weight is 262 g/mol. The smallest absolute Gasteiger partial charge is 0.258 e. The van der Waals surface area contributed by atoms with Crippen molar-refractivity contribution in [1.82, 2.24) is 14.8 Å². The van der Waals surface area contributed by atoms with E-state index in [1.165, 1.54) is 0 Å². The number of hydrogen-bond donors (Lipinski definition) is 1. The third-order valence-electron chi connectivity index (χ3n) is 3.28. The van der Waals surface area contributed by atoms with Gasteiger partial charge < -0.3 is 15.1 Å². The van der Waals surface area contributed by atoms with Crippen LogP contribution in [-0.4, -0.2) is 60.3 Å². The minimum atomic E-state index is -0.154. The molecule has 1 aliphatic rings. The summed E-state index contributed by atoms with van der Waals surface area (Å²) < 4.78 is 0. The highest BCUT2D eigenvalue weighted by Gasteiger charge is 2.26. The topological polar surface area (TPSA) is 65.5 Å². The van der Waals surface area contributed by atoms with Crippen LogP contribution in [0.25, 0.3) is 0 Å². The van der Waals surface area contributed by atoms with Crippen molar-refractivity contribution in [2.75, 3.05) is 39.0 Å². The third-order valence-corrected chi connectivity index (χ3v) is 3.28. The number of carbonyl (C=O) groups is 2. The number of carbonyl (C=O) groups excluding carboxylic acids is 2. The van der Waals surface area contributed by atoms with Gasteiger partial charge in [0.25, 0.3) is 5.91 Å². The van der Waals surface area contributed by atoms with E-state index in [0.717, 1.165) is 11.4 Å². The van der Waals surface area contributed by atoms with Gasteiger partial charge in [0.05, 0.1) is 11.3 Å². The predicted octanol–water partition coefficient (Wildman–Crippen LogP) is 0.346. The van der Waals surface area contributed by atoms with Crippen molar-refractivity contribution < 1.29 is 9.59 Å². The zero-order chi connectivity index (χ0) is 14.0. The van der Waals surface area contributed by atoms with Crippen LogP contribution in [0.1, 0.15) is 16.1 Å². The molecule has 0 spiro atoms. The Morgan fingerprint density at radius 3 is 2.79 bits per heavy atom. The lowest BCUT2D eigenvalue weighted by molar-refractivity contribution is -0.133. The minimum Gasteiger partial charge on any atom is -0.387 e. The Hall–Kier alpha value is -2.11. The monoisotopic (exact) mass is 262 g/mol. The van der Waals surface area contributed by atoms with Gasteiger partial charge in [-0.15, -0.1) is 0 Å². The number of pyridine rings is 1. The Morgan fingerprint density at radius 2 is 2.16 bits per heavy atom. The highest BCUT2D eigenvalue weighted by atomic mass is 16.2. The van der Waals surface area contributed by atoms with Gasteiger partial charge in [-0.1, -0.05) is 0 Å². The summed E-state index contributed by atoms with van der Waals surface area (Å²) in [6.45, 7) is 3.12. The maximum absolute atomic E-state index is 12.4. The summed E-state index contributed by atoms with van der Waals surface area (Å²) in [5.41, 5.74) is 2.09. The molecule has 2 rings (SSSR count). The first-order valence-corrected chi connectivity index (χ1v) is 6.20. The van der Waals surface area contributed by atoms with Gasteiger partial charge in [-0.05, 0) is 13.0 Å². The lowest BCUT2D eigenvalue weighted by Gasteiger charge is -2.32. The molecule has 1 aromatic heterocycles. The first-order valence-electron chi connectivity index (χ1n) is 6.20. The van der Waals surface area contributed by atoms with Gasteiger partial charge in [0, 0.05) is 39.1 Å². The Bertz CT molecular complexity index is 515. The van der Waals surface area contributed by atoms with E-state index in [9.17, 15) is 9.59 Å². The van der Waals surface area contributed by atoms with E-state index in [1.807, 2.05) is 13.0 Å². The van der Waals surface area contributed by atoms with E-state index < -0.39 is 0 Å². The quantitative estimate of drug-likeness (QED) is 0.835. The molecule has 2 heterocycles. The van der Waals surface area contributed by atoms with Gasteiger partial charge in [0.1, 0.15) is 6.54 Å². The van der Waals surface area contributed by atoms with Crippen LogP contribution < -0.4 is 5.32 Å². The van der Waals surface area contributed by atoms with Crippen molar-refractivity contribution in [3.8, 4) is 0 Å². The van der Waals surface area contributed by atoms with E-state index in [0.29, 0.717) is 18.7 Å². The van der Waals surface area contributed by atoms with Gasteiger partial charge in [0.2, 0.25) is 5.91 Å². The standard InChI is InChI=1S/C13H18N4O2/c1-9-6-11(14-2)10(7-15-9)13(19)17-5-4-16(3)12(18)8-17/h6-7H,4-5,8H2,1-3H3,(H,14,15). The van der Waals surface area contributed by atoms with Crippen LogP contribution in [0.2, 0.25) is 0 Å². The molecule has 1 saturated heterocycles. The van der Waals surface area contributed by atoms with Gasteiger partial charge in [-0.25, -0.2) is 0 Å². The molecule has 2 amide bonds. The Morgan fingerprint density at radius 1 is 1.42 bits per heavy atom. The van der Waals surface area contributed by atoms with Crippen LogP contribution >= 0.6 is 0 Å². The second-order valence-electron chi connectivity index (χ2n) is 4.66. The van der Waals surface area contributed by atoms with Crippen molar-refractivity contribution in [1.29, 1.82) is 0 Å². The third kappa shape index (κ3) is 2.67. The first kappa shape index (κ1) is 13.3. The number of likely N-dealkylation sites (N-methyl/N-ethyl adjacent to an activating group) is 1. The number of anilines is 1. The number of nitrogens with one attached hydrogen (secondary N) is 1. The molecular weight excluding hydrogens is 244 g/mol. The van der Waals surface area contributed by atoms with Crippen LogP contribution in [0, 0.1) is 6.92 Å². The van der Waals surface area contributed by atoms with Gasteiger partial charge >= 0.3 is 0 Å². The fourth-order valence-electron chi connectivity index (χ4n) is 2.04. The summed E-state index contributed by atoms with van der Waals surface area (Å²) >= 11 is 0. The van der Waals surface area contributed by atoms with Gasteiger partial charge in [-0.2, -0.15) is 0 Å². The number of aromatic nitrogens is 1. The molecule has 0 atom stereocenters. The highest BCUT2D eigenvalue weighted by molar-refractivity contribution is 6.01. The minimum absolute atomic E-state index is 0.0364. The zero-order valence-electron chi connectivity index (χ0n) is 11.4. The Kier molecular flexibility index (Phi) is 3.69. The van der Waals surface area contributed by atoms with E-state index >= 15 is 0 Å². The fraction of sp³-hybridized carbons (Fsp3) is 0.462. The summed E-state index contributed by atoms with van der Waals surface area (Å²) in [5.74, 6) is -0.191. The van der Waals surface area contributed by atoms with Gasteiger partial charge in [0.15, 0.2) is 0 Å². The zero-order valence-corrected chi connectivity index (χ0v) is 11.4. The lowest BCUT2D eigenvalue weighted by atomic mass is 10.1. The normalized spacial score (nSPS) is 15.6. The largest absolute Gasteiger partial charge is 0.387 e. The summed E-state index contributed by atoms with van der Waals surface area (Å²) in [6, 6.07) is 1.82. The predicted molar refractivity (Wildman–Crippen MR) is 72.1 cm³/mol. The molecule has 1 fully saturated rings.